The Morgan fingerprint density at radius 1 is 1.45 bits per heavy atom. The van der Waals surface area contributed by atoms with E-state index in [1.54, 1.807) is 0 Å². The highest BCUT2D eigenvalue weighted by Crippen LogP contribution is 2.10. The molecule has 2 heterocycles. The lowest BCUT2D eigenvalue weighted by atomic mass is 10.1. The molecule has 0 aromatic carbocycles. The number of nitrogens with one attached hydrogen (secondary N) is 1. The van der Waals surface area contributed by atoms with Crippen molar-refractivity contribution in [3.8, 4) is 0 Å². The molecular weight excluding hydrogens is 262 g/mol. The molecule has 8 heteroatoms. The van der Waals surface area contributed by atoms with Gasteiger partial charge in [0.25, 0.3) is 0 Å². The van der Waals surface area contributed by atoms with Gasteiger partial charge in [0, 0.05) is 12.5 Å². The first-order valence-corrected chi connectivity index (χ1v) is 6.68. The number of likely N-dealkylation sites (tertiary alicyclic amines) is 1. The summed E-state index contributed by atoms with van der Waals surface area (Å²) in [7, 11) is 0. The number of nitrogens with zero attached hydrogens (tertiary/aromatic N) is 3. The normalized spacial score (nSPS) is 17.1. The summed E-state index contributed by atoms with van der Waals surface area (Å²) < 4.78 is 4.63. The predicted octanol–water partition coefficient (Wildman–Crippen LogP) is -0.483. The second kappa shape index (κ2) is 6.47. The fraction of sp³-hybridized carbons (Fsp3) is 0.667. The molecular formula is C12H19N5O3. The van der Waals surface area contributed by atoms with Crippen LogP contribution in [0, 0.1) is 5.92 Å². The molecule has 0 aliphatic carbocycles. The highest BCUT2D eigenvalue weighted by molar-refractivity contribution is 5.87. The van der Waals surface area contributed by atoms with E-state index < -0.39 is 5.91 Å². The van der Waals surface area contributed by atoms with Crippen LogP contribution < -0.4 is 11.1 Å². The largest absolute Gasteiger partial charge is 0.361 e. The van der Waals surface area contributed by atoms with Crippen molar-refractivity contribution in [1.29, 1.82) is 0 Å². The topological polar surface area (TPSA) is 114 Å². The summed E-state index contributed by atoms with van der Waals surface area (Å²) >= 11 is 0. The lowest BCUT2D eigenvalue weighted by Crippen LogP contribution is -2.36. The molecule has 1 atom stereocenters. The van der Waals surface area contributed by atoms with Crippen LogP contribution in [0.1, 0.15) is 36.3 Å². The van der Waals surface area contributed by atoms with Crippen molar-refractivity contribution in [2.45, 2.75) is 26.3 Å². The van der Waals surface area contributed by atoms with Crippen molar-refractivity contribution in [2.75, 3.05) is 19.6 Å². The zero-order valence-corrected chi connectivity index (χ0v) is 11.5. The number of hydrogen-bond donors (Lipinski definition) is 2. The van der Waals surface area contributed by atoms with Gasteiger partial charge in [0.1, 0.15) is 0 Å². The summed E-state index contributed by atoms with van der Waals surface area (Å²) in [5.74, 6) is -0.963. The number of hydrogen-bond acceptors (Lipinski definition) is 6. The molecule has 0 saturated carbocycles. The third-order valence-corrected chi connectivity index (χ3v) is 3.28. The van der Waals surface area contributed by atoms with Crippen LogP contribution in [0.3, 0.4) is 0 Å². The van der Waals surface area contributed by atoms with E-state index in [2.05, 4.69) is 24.9 Å². The molecule has 1 aliphatic rings. The summed E-state index contributed by atoms with van der Waals surface area (Å²) in [4.78, 5) is 28.8. The molecule has 1 fully saturated rings. The fourth-order valence-electron chi connectivity index (χ4n) is 2.20. The number of carbonyl (C=O) groups excluding carboxylic acids is 2. The van der Waals surface area contributed by atoms with E-state index in [1.165, 1.54) is 12.8 Å². The Bertz CT molecular complexity index is 481. The lowest BCUT2D eigenvalue weighted by Gasteiger charge is -2.19. The second-order valence-electron chi connectivity index (χ2n) is 5.01. The Labute approximate surface area is 116 Å². The van der Waals surface area contributed by atoms with Gasteiger partial charge in [-0.1, -0.05) is 12.1 Å². The number of amides is 2. The van der Waals surface area contributed by atoms with Gasteiger partial charge in [-0.15, -0.1) is 0 Å². The monoisotopic (exact) mass is 281 g/mol. The van der Waals surface area contributed by atoms with Gasteiger partial charge in [-0.2, -0.15) is 4.98 Å². The van der Waals surface area contributed by atoms with Gasteiger partial charge >= 0.3 is 11.8 Å². The van der Waals surface area contributed by atoms with Gasteiger partial charge < -0.3 is 20.5 Å². The van der Waals surface area contributed by atoms with Crippen molar-refractivity contribution in [2.24, 2.45) is 11.7 Å². The average Bonchev–Trinajstić information content (AvgIpc) is 3.06. The van der Waals surface area contributed by atoms with Crippen LogP contribution in [0.5, 0.6) is 0 Å². The quantitative estimate of drug-likeness (QED) is 0.727. The maximum Gasteiger partial charge on any atom is 0.315 e. The molecule has 1 saturated heterocycles. The SMILES string of the molecule is C[C@H](CN1CCCC1)C(=O)NCc1noc(C(N)=O)n1. The summed E-state index contributed by atoms with van der Waals surface area (Å²) in [6.45, 7) is 4.89. The van der Waals surface area contributed by atoms with Gasteiger partial charge in [0.15, 0.2) is 5.82 Å². The van der Waals surface area contributed by atoms with E-state index in [0.717, 1.165) is 19.6 Å². The Hall–Kier alpha value is -1.96. The maximum atomic E-state index is 11.9. The molecule has 0 spiro atoms. The van der Waals surface area contributed by atoms with Crippen LogP contribution in [-0.4, -0.2) is 46.5 Å². The van der Waals surface area contributed by atoms with E-state index in [0.29, 0.717) is 0 Å². The van der Waals surface area contributed by atoms with Crippen LogP contribution in [0.15, 0.2) is 4.52 Å². The van der Waals surface area contributed by atoms with Crippen molar-refractivity contribution < 1.29 is 14.1 Å². The van der Waals surface area contributed by atoms with Crippen molar-refractivity contribution in [3.05, 3.63) is 11.7 Å². The number of nitrogens with two attached hydrogens (primary N) is 1. The van der Waals surface area contributed by atoms with Gasteiger partial charge in [0.2, 0.25) is 5.91 Å². The van der Waals surface area contributed by atoms with Crippen LogP contribution in [0.25, 0.3) is 0 Å². The highest BCUT2D eigenvalue weighted by atomic mass is 16.5. The van der Waals surface area contributed by atoms with E-state index >= 15 is 0 Å². The predicted molar refractivity (Wildman–Crippen MR) is 69.5 cm³/mol. The minimum absolute atomic E-state index is 0.0673. The first-order chi connectivity index (χ1) is 9.56. The molecule has 1 aliphatic heterocycles. The Kier molecular flexibility index (Phi) is 4.67. The van der Waals surface area contributed by atoms with E-state index in [4.69, 9.17) is 5.73 Å². The number of rotatable bonds is 6. The number of aromatic nitrogens is 2. The van der Waals surface area contributed by atoms with Crippen LogP contribution in [-0.2, 0) is 11.3 Å². The zero-order valence-electron chi connectivity index (χ0n) is 11.5. The van der Waals surface area contributed by atoms with Crippen molar-refractivity contribution in [1.82, 2.24) is 20.4 Å². The van der Waals surface area contributed by atoms with Gasteiger partial charge in [-0.25, -0.2) is 0 Å². The van der Waals surface area contributed by atoms with Crippen molar-refractivity contribution >= 4 is 11.8 Å². The standard InChI is InChI=1S/C12H19N5O3/c1-8(7-17-4-2-3-5-17)11(19)14-6-9-15-12(10(13)18)20-16-9/h8H,2-7H2,1H3,(H2,13,18)(H,14,19)/t8-/m1/s1. The first kappa shape index (κ1) is 14.4. The average molecular weight is 281 g/mol. The van der Waals surface area contributed by atoms with Crippen LogP contribution in [0.2, 0.25) is 0 Å². The minimum Gasteiger partial charge on any atom is -0.361 e. The summed E-state index contributed by atoms with van der Waals surface area (Å²) in [6, 6.07) is 0. The van der Waals surface area contributed by atoms with Crippen LogP contribution in [0.4, 0.5) is 0 Å². The van der Waals surface area contributed by atoms with Crippen LogP contribution >= 0.6 is 0 Å². The third-order valence-electron chi connectivity index (χ3n) is 3.28. The molecule has 3 N–H and O–H groups in total. The smallest absolute Gasteiger partial charge is 0.315 e. The fourth-order valence-corrected chi connectivity index (χ4v) is 2.20. The second-order valence-corrected chi connectivity index (χ2v) is 5.01. The van der Waals surface area contributed by atoms with Gasteiger partial charge in [0.05, 0.1) is 6.54 Å². The molecule has 20 heavy (non-hydrogen) atoms. The zero-order chi connectivity index (χ0) is 14.5. The lowest BCUT2D eigenvalue weighted by molar-refractivity contribution is -0.125. The van der Waals surface area contributed by atoms with E-state index in [9.17, 15) is 9.59 Å². The molecule has 0 bridgehead atoms. The highest BCUT2D eigenvalue weighted by Gasteiger charge is 2.20. The van der Waals surface area contributed by atoms with E-state index in [-0.39, 0.29) is 30.1 Å². The molecule has 0 radical (unpaired) electrons. The molecule has 0 unspecified atom stereocenters. The molecule has 1 aromatic rings. The van der Waals surface area contributed by atoms with Crippen molar-refractivity contribution in [3.63, 3.8) is 0 Å². The summed E-state index contributed by atoms with van der Waals surface area (Å²) in [6.07, 6.45) is 2.40. The summed E-state index contributed by atoms with van der Waals surface area (Å²) in [5.41, 5.74) is 4.99. The molecule has 8 nitrogen and oxygen atoms in total. The number of primary amides is 1. The molecule has 2 rings (SSSR count). The Balaban J connectivity index is 1.76. The Morgan fingerprint density at radius 2 is 2.15 bits per heavy atom. The maximum absolute atomic E-state index is 11.9. The molecule has 110 valence electrons. The molecule has 2 amide bonds. The van der Waals surface area contributed by atoms with Gasteiger partial charge in [-0.3, -0.25) is 9.59 Å². The number of carbonyl (C=O) groups is 2. The minimum atomic E-state index is -0.780. The Morgan fingerprint density at radius 3 is 2.75 bits per heavy atom. The first-order valence-electron chi connectivity index (χ1n) is 6.68. The van der Waals surface area contributed by atoms with E-state index in [1.807, 2.05) is 6.92 Å². The summed E-state index contributed by atoms with van der Waals surface area (Å²) in [5, 5.41) is 6.28. The third kappa shape index (κ3) is 3.77. The van der Waals surface area contributed by atoms with Gasteiger partial charge in [-0.05, 0) is 25.9 Å². The molecule has 1 aromatic heterocycles.